The highest BCUT2D eigenvalue weighted by Crippen LogP contribution is 2.19. The first-order chi connectivity index (χ1) is 12.0. The summed E-state index contributed by atoms with van der Waals surface area (Å²) in [6.45, 7) is 1.54. The molecule has 0 aliphatic carbocycles. The minimum Gasteiger partial charge on any atom is -0.295 e. The molecule has 0 bridgehead atoms. The van der Waals surface area contributed by atoms with Gasteiger partial charge in [-0.05, 0) is 35.9 Å². The first kappa shape index (κ1) is 16.9. The summed E-state index contributed by atoms with van der Waals surface area (Å²) in [7, 11) is 0. The molecule has 0 spiro atoms. The lowest BCUT2D eigenvalue weighted by Crippen LogP contribution is -2.17. The van der Waals surface area contributed by atoms with Gasteiger partial charge in [0.05, 0.1) is 0 Å². The molecule has 1 N–H and O–H groups in total. The van der Waals surface area contributed by atoms with Crippen LogP contribution in [0.5, 0.6) is 0 Å². The van der Waals surface area contributed by atoms with Crippen molar-refractivity contribution in [3.63, 3.8) is 0 Å². The number of carbonyl (C=O) groups is 3. The summed E-state index contributed by atoms with van der Waals surface area (Å²) in [6, 6.07) is 9.39. The van der Waals surface area contributed by atoms with Gasteiger partial charge in [-0.1, -0.05) is 24.3 Å². The summed E-state index contributed by atoms with van der Waals surface area (Å²) in [6.07, 6.45) is 1.95. The van der Waals surface area contributed by atoms with Crippen molar-refractivity contribution in [2.75, 3.05) is 0 Å². The van der Waals surface area contributed by atoms with Crippen molar-refractivity contribution >= 4 is 28.7 Å². The van der Waals surface area contributed by atoms with Crippen molar-refractivity contribution in [3.8, 4) is 0 Å². The fourth-order valence-electron chi connectivity index (χ4n) is 2.39. The molecule has 25 heavy (non-hydrogen) atoms. The second-order valence-electron chi connectivity index (χ2n) is 5.61. The van der Waals surface area contributed by atoms with Gasteiger partial charge in [0, 0.05) is 16.9 Å². The van der Waals surface area contributed by atoms with Crippen LogP contribution in [0.1, 0.15) is 43.9 Å². The molecule has 1 aromatic carbocycles. The number of nitrogens with zero attached hydrogens (tertiary/aromatic N) is 2. The molecule has 0 aliphatic heterocycles. The number of aromatic amines is 1. The topological polar surface area (TPSA) is 92.8 Å². The van der Waals surface area contributed by atoms with Gasteiger partial charge in [0.15, 0.2) is 11.6 Å². The summed E-state index contributed by atoms with van der Waals surface area (Å²) in [5.41, 5.74) is 2.83. The largest absolute Gasteiger partial charge is 0.295 e. The van der Waals surface area contributed by atoms with Crippen molar-refractivity contribution in [1.29, 1.82) is 0 Å². The lowest BCUT2D eigenvalue weighted by Gasteiger charge is -2.00. The van der Waals surface area contributed by atoms with Crippen molar-refractivity contribution in [1.82, 2.24) is 15.2 Å². The Balaban J connectivity index is 1.63. The van der Waals surface area contributed by atoms with Crippen LogP contribution in [-0.4, -0.2) is 32.5 Å². The van der Waals surface area contributed by atoms with Gasteiger partial charge in [0.1, 0.15) is 6.33 Å². The number of benzene rings is 1. The van der Waals surface area contributed by atoms with Gasteiger partial charge in [0.25, 0.3) is 5.78 Å². The van der Waals surface area contributed by atoms with Crippen LogP contribution < -0.4 is 0 Å². The molecular formula is C18H15N3O3S. The van der Waals surface area contributed by atoms with Crippen molar-refractivity contribution in [3.05, 3.63) is 69.4 Å². The maximum absolute atomic E-state index is 12.0. The molecule has 0 amide bonds. The van der Waals surface area contributed by atoms with E-state index < -0.39 is 11.6 Å². The summed E-state index contributed by atoms with van der Waals surface area (Å²) < 4.78 is 0. The average Bonchev–Trinajstić information content (AvgIpc) is 3.27. The molecule has 0 saturated carbocycles. The van der Waals surface area contributed by atoms with E-state index in [4.69, 9.17) is 0 Å². The van der Waals surface area contributed by atoms with E-state index in [1.54, 1.807) is 0 Å². The van der Waals surface area contributed by atoms with Gasteiger partial charge in [-0.2, -0.15) is 5.10 Å². The second-order valence-corrected chi connectivity index (χ2v) is 6.61. The van der Waals surface area contributed by atoms with Gasteiger partial charge < -0.3 is 0 Å². The van der Waals surface area contributed by atoms with E-state index >= 15 is 0 Å². The Bertz CT molecular complexity index is 911. The van der Waals surface area contributed by atoms with Crippen LogP contribution >= 0.6 is 11.3 Å². The van der Waals surface area contributed by atoms with Crippen LogP contribution in [-0.2, 0) is 17.6 Å². The third-order valence-corrected chi connectivity index (χ3v) is 4.68. The minimum atomic E-state index is -0.660. The molecule has 0 aliphatic rings. The first-order valence-electron chi connectivity index (χ1n) is 7.62. The van der Waals surface area contributed by atoms with E-state index in [0.29, 0.717) is 12.0 Å². The summed E-state index contributed by atoms with van der Waals surface area (Å²) >= 11 is 1.45. The quantitative estimate of drug-likeness (QED) is 0.521. The van der Waals surface area contributed by atoms with Crippen LogP contribution in [0, 0.1) is 0 Å². The van der Waals surface area contributed by atoms with Crippen LogP contribution in [0.3, 0.4) is 0 Å². The standard InChI is InChI=1S/C18H15N3O3S/c1-11(22)14-4-2-12(3-5-14)6-13-7-15(25-9-13)8-16(23)17(24)18-19-10-20-21-18/h2-5,7,9-10H,6,8H2,1H3,(H,19,20,21). The summed E-state index contributed by atoms with van der Waals surface area (Å²) in [5, 5.41) is 7.95. The third kappa shape index (κ3) is 4.13. The molecule has 0 unspecified atom stereocenters. The molecule has 126 valence electrons. The molecule has 3 aromatic rings. The zero-order chi connectivity index (χ0) is 17.8. The molecule has 3 rings (SSSR count). The van der Waals surface area contributed by atoms with Crippen molar-refractivity contribution in [2.24, 2.45) is 0 Å². The highest BCUT2D eigenvalue weighted by molar-refractivity contribution is 7.10. The Morgan fingerprint density at radius 1 is 1.12 bits per heavy atom. The second kappa shape index (κ2) is 7.31. The number of ketones is 3. The maximum Gasteiger partial charge on any atom is 0.265 e. The Morgan fingerprint density at radius 3 is 2.52 bits per heavy atom. The lowest BCUT2D eigenvalue weighted by atomic mass is 10.0. The molecule has 0 fully saturated rings. The van der Waals surface area contributed by atoms with Gasteiger partial charge in [-0.3, -0.25) is 19.5 Å². The number of Topliss-reactive ketones (excluding diaryl/α,β-unsaturated/α-hetero) is 3. The molecule has 2 heterocycles. The molecule has 0 atom stereocenters. The SMILES string of the molecule is CC(=O)c1ccc(Cc2csc(CC(=O)C(=O)c3ncn[nH]3)c2)cc1. The Labute approximate surface area is 147 Å². The molecule has 0 radical (unpaired) electrons. The van der Waals surface area contributed by atoms with Crippen LogP contribution in [0.4, 0.5) is 0 Å². The van der Waals surface area contributed by atoms with E-state index in [1.807, 2.05) is 35.7 Å². The van der Waals surface area contributed by atoms with E-state index in [-0.39, 0.29) is 18.0 Å². The smallest absolute Gasteiger partial charge is 0.265 e. The van der Waals surface area contributed by atoms with E-state index in [1.165, 1.54) is 24.6 Å². The lowest BCUT2D eigenvalue weighted by molar-refractivity contribution is -0.114. The molecule has 6 nitrogen and oxygen atoms in total. The normalized spacial score (nSPS) is 10.6. The maximum atomic E-state index is 12.0. The van der Waals surface area contributed by atoms with E-state index in [9.17, 15) is 14.4 Å². The molecule has 0 saturated heterocycles. The fraction of sp³-hybridized carbons (Fsp3) is 0.167. The number of hydrogen-bond acceptors (Lipinski definition) is 6. The highest BCUT2D eigenvalue weighted by Gasteiger charge is 2.20. The van der Waals surface area contributed by atoms with Crippen molar-refractivity contribution < 1.29 is 14.4 Å². The zero-order valence-electron chi connectivity index (χ0n) is 13.5. The number of aromatic nitrogens is 3. The zero-order valence-corrected chi connectivity index (χ0v) is 14.3. The Hall–Kier alpha value is -2.93. The number of carbonyl (C=O) groups excluding carboxylic acids is 3. The van der Waals surface area contributed by atoms with Gasteiger partial charge in [-0.15, -0.1) is 11.3 Å². The van der Waals surface area contributed by atoms with Gasteiger partial charge in [-0.25, -0.2) is 4.98 Å². The van der Waals surface area contributed by atoms with Crippen molar-refractivity contribution in [2.45, 2.75) is 19.8 Å². The predicted molar refractivity (Wildman–Crippen MR) is 93.0 cm³/mol. The molecule has 2 aromatic heterocycles. The summed E-state index contributed by atoms with van der Waals surface area (Å²) in [5.74, 6) is -1.17. The predicted octanol–water partition coefficient (Wildman–Crippen LogP) is 2.65. The minimum absolute atomic E-state index is 0.0349. The Kier molecular flexibility index (Phi) is 4.95. The Morgan fingerprint density at radius 2 is 1.88 bits per heavy atom. The highest BCUT2D eigenvalue weighted by atomic mass is 32.1. The monoisotopic (exact) mass is 353 g/mol. The first-order valence-corrected chi connectivity index (χ1v) is 8.50. The number of H-pyrrole nitrogens is 1. The molecule has 7 heteroatoms. The number of rotatable bonds is 7. The van der Waals surface area contributed by atoms with Gasteiger partial charge >= 0.3 is 0 Å². The summed E-state index contributed by atoms with van der Waals surface area (Å²) in [4.78, 5) is 39.7. The number of nitrogens with one attached hydrogen (secondary N) is 1. The third-order valence-electron chi connectivity index (χ3n) is 3.69. The van der Waals surface area contributed by atoms with Crippen LogP contribution in [0.25, 0.3) is 0 Å². The fourth-order valence-corrected chi connectivity index (χ4v) is 3.28. The van der Waals surface area contributed by atoms with E-state index in [0.717, 1.165) is 16.0 Å². The van der Waals surface area contributed by atoms with Crippen LogP contribution in [0.2, 0.25) is 0 Å². The van der Waals surface area contributed by atoms with Crippen LogP contribution in [0.15, 0.2) is 42.0 Å². The van der Waals surface area contributed by atoms with Gasteiger partial charge in [0.2, 0.25) is 5.78 Å². The number of hydrogen-bond donors (Lipinski definition) is 1. The molecular weight excluding hydrogens is 338 g/mol. The van der Waals surface area contributed by atoms with E-state index in [2.05, 4.69) is 15.2 Å². The number of thiophene rings is 1. The average molecular weight is 353 g/mol.